The van der Waals surface area contributed by atoms with Gasteiger partial charge in [0.1, 0.15) is 0 Å². The van der Waals surface area contributed by atoms with Gasteiger partial charge in [-0.15, -0.1) is 0 Å². The van der Waals surface area contributed by atoms with E-state index in [4.69, 9.17) is 4.74 Å². The molecule has 4 rings (SSSR count). The third-order valence-electron chi connectivity index (χ3n) is 6.66. The molecule has 0 unspecified atom stereocenters. The van der Waals surface area contributed by atoms with Gasteiger partial charge in [-0.2, -0.15) is 4.31 Å². The maximum atomic E-state index is 13.4. The third-order valence-corrected chi connectivity index (χ3v) is 9.23. The first-order valence-electron chi connectivity index (χ1n) is 10.8. The summed E-state index contributed by atoms with van der Waals surface area (Å²) in [4.78, 5) is 12.5. The number of hydrogen-bond donors (Lipinski definition) is 0. The number of benzene rings is 2. The summed E-state index contributed by atoms with van der Waals surface area (Å²) in [5, 5.41) is 0. The third kappa shape index (κ3) is 3.83. The lowest BCUT2D eigenvalue weighted by molar-refractivity contribution is -0.143. The fourth-order valence-corrected chi connectivity index (χ4v) is 7.08. The Kier molecular flexibility index (Phi) is 6.04. The molecule has 164 valence electrons. The molecule has 0 saturated heterocycles. The molecule has 5 nitrogen and oxygen atoms in total. The summed E-state index contributed by atoms with van der Waals surface area (Å²) in [6, 6.07) is 16.7. The van der Waals surface area contributed by atoms with Crippen LogP contribution >= 0.6 is 0 Å². The average molecular weight is 440 g/mol. The van der Waals surface area contributed by atoms with Crippen LogP contribution in [0.3, 0.4) is 0 Å². The molecule has 1 aliphatic heterocycles. The van der Waals surface area contributed by atoms with E-state index in [1.165, 1.54) is 28.1 Å². The lowest BCUT2D eigenvalue weighted by Gasteiger charge is -2.34. The average Bonchev–Trinajstić information content (AvgIpc) is 3.31. The summed E-state index contributed by atoms with van der Waals surface area (Å²) >= 11 is 0. The van der Waals surface area contributed by atoms with Crippen LogP contribution in [0.1, 0.15) is 43.2 Å². The number of rotatable bonds is 5. The van der Waals surface area contributed by atoms with E-state index < -0.39 is 20.7 Å². The van der Waals surface area contributed by atoms with Gasteiger partial charge in [0, 0.05) is 13.1 Å². The van der Waals surface area contributed by atoms with Crippen molar-refractivity contribution in [1.29, 1.82) is 0 Å². The number of carbonyl (C=O) groups is 1. The second-order valence-corrected chi connectivity index (χ2v) is 10.7. The second-order valence-electron chi connectivity index (χ2n) is 8.43. The molecule has 0 spiro atoms. The van der Waals surface area contributed by atoms with Gasteiger partial charge in [-0.1, -0.05) is 67.4 Å². The number of methoxy groups -OCH3 is 1. The quantitative estimate of drug-likeness (QED) is 0.641. The maximum Gasteiger partial charge on any atom is 0.328 e. The van der Waals surface area contributed by atoms with Crippen molar-refractivity contribution in [3.05, 3.63) is 65.7 Å². The summed E-state index contributed by atoms with van der Waals surface area (Å²) in [5.74, 6) is -0.619. The van der Waals surface area contributed by atoms with E-state index in [0.29, 0.717) is 25.8 Å². The predicted octanol–water partition coefficient (Wildman–Crippen LogP) is 4.57. The van der Waals surface area contributed by atoms with Crippen molar-refractivity contribution in [1.82, 2.24) is 4.31 Å². The monoisotopic (exact) mass is 439 g/mol. The lowest BCUT2D eigenvalue weighted by atomic mass is 9.94. The van der Waals surface area contributed by atoms with Crippen LogP contribution in [-0.4, -0.2) is 43.6 Å². The minimum Gasteiger partial charge on any atom is -0.468 e. The Morgan fingerprint density at radius 2 is 1.74 bits per heavy atom. The minimum absolute atomic E-state index is 0.288. The van der Waals surface area contributed by atoms with Crippen LogP contribution in [0.5, 0.6) is 0 Å². The summed E-state index contributed by atoms with van der Waals surface area (Å²) in [6.07, 6.45) is 4.76. The van der Waals surface area contributed by atoms with Crippen molar-refractivity contribution in [2.24, 2.45) is 0 Å². The number of esters is 1. The molecular formula is C25H29NO4S. The van der Waals surface area contributed by atoms with Gasteiger partial charge in [0.15, 0.2) is 4.75 Å². The van der Waals surface area contributed by atoms with Gasteiger partial charge in [0.2, 0.25) is 10.0 Å². The molecule has 1 fully saturated rings. The Labute approximate surface area is 184 Å². The first kappa shape index (κ1) is 21.8. The van der Waals surface area contributed by atoms with Crippen molar-refractivity contribution in [3.63, 3.8) is 0 Å². The standard InChI is InChI=1S/C25H29NO4S/c1-19-18-22(10-11-23(19)21-8-4-3-5-9-21)20-12-16-26(17-13-20)31(28,29)25(24(27)30-2)14-6-7-15-25/h3-5,8-12,18H,6-7,13-17H2,1-2H3. The Bertz CT molecular complexity index is 1100. The van der Waals surface area contributed by atoms with Gasteiger partial charge >= 0.3 is 5.97 Å². The summed E-state index contributed by atoms with van der Waals surface area (Å²) in [5.41, 5.74) is 5.85. The van der Waals surface area contributed by atoms with E-state index in [1.54, 1.807) is 0 Å². The molecular weight excluding hydrogens is 410 g/mol. The van der Waals surface area contributed by atoms with Gasteiger partial charge in [-0.3, -0.25) is 4.79 Å². The lowest BCUT2D eigenvalue weighted by Crippen LogP contribution is -2.53. The molecule has 0 aromatic heterocycles. The van der Waals surface area contributed by atoms with Gasteiger partial charge < -0.3 is 4.74 Å². The molecule has 1 aliphatic carbocycles. The zero-order valence-corrected chi connectivity index (χ0v) is 19.0. The number of ether oxygens (including phenoxy) is 1. The number of hydrogen-bond acceptors (Lipinski definition) is 4. The number of carbonyl (C=O) groups excluding carboxylic acids is 1. The molecule has 0 amide bonds. The van der Waals surface area contributed by atoms with Crippen LogP contribution in [0.25, 0.3) is 16.7 Å². The van der Waals surface area contributed by atoms with E-state index in [0.717, 1.165) is 24.0 Å². The molecule has 2 aromatic carbocycles. The van der Waals surface area contributed by atoms with Crippen LogP contribution < -0.4 is 0 Å². The molecule has 2 aliphatic rings. The van der Waals surface area contributed by atoms with E-state index in [-0.39, 0.29) is 6.54 Å². The highest BCUT2D eigenvalue weighted by molar-refractivity contribution is 7.91. The first-order valence-corrected chi connectivity index (χ1v) is 12.3. The fraction of sp³-hybridized carbons (Fsp3) is 0.400. The van der Waals surface area contributed by atoms with Gasteiger partial charge in [-0.05, 0) is 54.0 Å². The highest BCUT2D eigenvalue weighted by atomic mass is 32.2. The van der Waals surface area contributed by atoms with E-state index in [9.17, 15) is 13.2 Å². The topological polar surface area (TPSA) is 63.7 Å². The van der Waals surface area contributed by atoms with Crippen molar-refractivity contribution in [2.75, 3.05) is 20.2 Å². The molecule has 0 N–H and O–H groups in total. The first-order chi connectivity index (χ1) is 14.9. The largest absolute Gasteiger partial charge is 0.468 e. The van der Waals surface area contributed by atoms with Crippen LogP contribution in [0.4, 0.5) is 0 Å². The minimum atomic E-state index is -3.78. The summed E-state index contributed by atoms with van der Waals surface area (Å²) in [7, 11) is -2.51. The van der Waals surface area contributed by atoms with Gasteiger partial charge in [-0.25, -0.2) is 8.42 Å². The number of aryl methyl sites for hydroxylation is 1. The van der Waals surface area contributed by atoms with Crippen LogP contribution in [-0.2, 0) is 19.6 Å². The van der Waals surface area contributed by atoms with Gasteiger partial charge in [0.05, 0.1) is 7.11 Å². The number of nitrogens with zero attached hydrogens (tertiary/aromatic N) is 1. The number of sulfonamides is 1. The summed E-state index contributed by atoms with van der Waals surface area (Å²) < 4.78 is 31.8. The van der Waals surface area contributed by atoms with Crippen molar-refractivity contribution < 1.29 is 17.9 Å². The van der Waals surface area contributed by atoms with Crippen LogP contribution in [0.2, 0.25) is 0 Å². The Balaban J connectivity index is 1.56. The highest BCUT2D eigenvalue weighted by Gasteiger charge is 2.55. The Hall–Kier alpha value is -2.44. The smallest absolute Gasteiger partial charge is 0.328 e. The van der Waals surface area contributed by atoms with Gasteiger partial charge in [0.25, 0.3) is 0 Å². The molecule has 1 heterocycles. The van der Waals surface area contributed by atoms with Crippen LogP contribution in [0.15, 0.2) is 54.6 Å². The van der Waals surface area contributed by atoms with E-state index >= 15 is 0 Å². The second kappa shape index (κ2) is 8.60. The zero-order chi connectivity index (χ0) is 22.1. The molecule has 2 aromatic rings. The van der Waals surface area contributed by atoms with Crippen LogP contribution in [0, 0.1) is 6.92 Å². The molecule has 31 heavy (non-hydrogen) atoms. The summed E-state index contributed by atoms with van der Waals surface area (Å²) in [6.45, 7) is 2.77. The SMILES string of the molecule is COC(=O)C1(S(=O)(=O)N2CC=C(c3ccc(-c4ccccc4)c(C)c3)CC2)CCCC1. The Morgan fingerprint density at radius 1 is 1.03 bits per heavy atom. The Morgan fingerprint density at radius 3 is 2.32 bits per heavy atom. The molecule has 0 radical (unpaired) electrons. The van der Waals surface area contributed by atoms with Crippen molar-refractivity contribution >= 4 is 21.6 Å². The molecule has 6 heteroatoms. The highest BCUT2D eigenvalue weighted by Crippen LogP contribution is 2.41. The zero-order valence-electron chi connectivity index (χ0n) is 18.1. The predicted molar refractivity (Wildman–Crippen MR) is 123 cm³/mol. The molecule has 1 saturated carbocycles. The molecule has 0 bridgehead atoms. The normalized spacial score (nSPS) is 19.1. The van der Waals surface area contributed by atoms with Crippen molar-refractivity contribution in [2.45, 2.75) is 43.8 Å². The van der Waals surface area contributed by atoms with Crippen molar-refractivity contribution in [3.8, 4) is 11.1 Å². The maximum absolute atomic E-state index is 13.4. The fourth-order valence-electron chi connectivity index (χ4n) is 4.88. The molecule has 0 atom stereocenters. The van der Waals surface area contributed by atoms with E-state index in [2.05, 4.69) is 37.3 Å². The van der Waals surface area contributed by atoms with E-state index in [1.807, 2.05) is 24.3 Å².